The van der Waals surface area contributed by atoms with Crippen LogP contribution in [-0.4, -0.2) is 28.8 Å². The number of rotatable bonds is 4. The molecular weight excluding hydrogens is 242 g/mol. The highest BCUT2D eigenvalue weighted by atomic mass is 16.3. The molecule has 0 aromatic heterocycles. The van der Waals surface area contributed by atoms with Gasteiger partial charge in [-0.25, -0.2) is 0 Å². The third-order valence-electron chi connectivity index (χ3n) is 3.47. The first-order chi connectivity index (χ1) is 9.15. The number of benzene rings is 1. The second-order valence-corrected chi connectivity index (χ2v) is 4.81. The molecule has 1 aliphatic rings. The van der Waals surface area contributed by atoms with Gasteiger partial charge >= 0.3 is 0 Å². The number of aliphatic hydroxyl groups excluding tert-OH is 1. The number of hydrogen-bond donors (Lipinski definition) is 3. The number of carbonyl (C=O) groups excluding carboxylic acids is 1. The Morgan fingerprint density at radius 1 is 1.42 bits per heavy atom. The summed E-state index contributed by atoms with van der Waals surface area (Å²) < 4.78 is 0. The fraction of sp³-hybridized carbons (Fsp3) is 0.400. The van der Waals surface area contributed by atoms with Crippen LogP contribution in [0.15, 0.2) is 30.4 Å². The summed E-state index contributed by atoms with van der Waals surface area (Å²) in [6.07, 6.45) is 5.19. The molecule has 4 heteroatoms. The number of phenolic OH excluding ortho intramolecular Hbond substituents is 1. The Kier molecular flexibility index (Phi) is 4.22. The van der Waals surface area contributed by atoms with Crippen LogP contribution in [0.3, 0.4) is 0 Å². The Hall–Kier alpha value is -1.81. The third kappa shape index (κ3) is 2.96. The van der Waals surface area contributed by atoms with Crippen LogP contribution in [0.5, 0.6) is 5.75 Å². The molecule has 19 heavy (non-hydrogen) atoms. The summed E-state index contributed by atoms with van der Waals surface area (Å²) in [4.78, 5) is 12.1. The first kappa shape index (κ1) is 13.6. The van der Waals surface area contributed by atoms with E-state index in [0.717, 1.165) is 5.56 Å². The SMILES string of the molecule is CCc1cccc(C(=O)N[C@@H]2C=C[C@H](CO)C2)c1O. The lowest BCUT2D eigenvalue weighted by Crippen LogP contribution is -2.33. The minimum Gasteiger partial charge on any atom is -0.507 e. The molecule has 0 spiro atoms. The fourth-order valence-electron chi connectivity index (χ4n) is 2.32. The number of phenols is 1. The minimum atomic E-state index is -0.277. The van der Waals surface area contributed by atoms with Gasteiger partial charge in [0.25, 0.3) is 5.91 Å². The van der Waals surface area contributed by atoms with Crippen molar-refractivity contribution >= 4 is 5.91 Å². The topological polar surface area (TPSA) is 69.6 Å². The van der Waals surface area contributed by atoms with Crippen LogP contribution in [0.4, 0.5) is 0 Å². The highest BCUT2D eigenvalue weighted by Crippen LogP contribution is 2.24. The van der Waals surface area contributed by atoms with E-state index >= 15 is 0 Å². The van der Waals surface area contributed by atoms with Crippen molar-refractivity contribution < 1.29 is 15.0 Å². The molecule has 1 aliphatic carbocycles. The average molecular weight is 261 g/mol. The number of para-hydroxylation sites is 1. The van der Waals surface area contributed by atoms with Gasteiger partial charge in [0, 0.05) is 18.6 Å². The Morgan fingerprint density at radius 3 is 2.84 bits per heavy atom. The molecule has 2 atom stereocenters. The number of aromatic hydroxyl groups is 1. The quantitative estimate of drug-likeness (QED) is 0.721. The largest absolute Gasteiger partial charge is 0.507 e. The first-order valence-electron chi connectivity index (χ1n) is 6.56. The summed E-state index contributed by atoms with van der Waals surface area (Å²) in [6.45, 7) is 2.03. The number of amides is 1. The molecule has 4 nitrogen and oxygen atoms in total. The van der Waals surface area contributed by atoms with E-state index in [1.54, 1.807) is 12.1 Å². The Bertz CT molecular complexity index is 496. The second-order valence-electron chi connectivity index (χ2n) is 4.81. The number of hydrogen-bond acceptors (Lipinski definition) is 3. The van der Waals surface area contributed by atoms with Crippen LogP contribution in [0.25, 0.3) is 0 Å². The number of aliphatic hydroxyl groups is 1. The van der Waals surface area contributed by atoms with Crippen LogP contribution in [0.2, 0.25) is 0 Å². The van der Waals surface area contributed by atoms with Gasteiger partial charge in [-0.05, 0) is 24.5 Å². The average Bonchev–Trinajstić information content (AvgIpc) is 2.86. The van der Waals surface area contributed by atoms with Crippen molar-refractivity contribution in [3.8, 4) is 5.75 Å². The fourth-order valence-corrected chi connectivity index (χ4v) is 2.32. The van der Waals surface area contributed by atoms with Gasteiger partial charge in [-0.15, -0.1) is 0 Å². The molecule has 0 unspecified atom stereocenters. The van der Waals surface area contributed by atoms with Crippen LogP contribution < -0.4 is 5.32 Å². The van der Waals surface area contributed by atoms with Crippen molar-refractivity contribution in [3.05, 3.63) is 41.5 Å². The molecule has 0 saturated heterocycles. The summed E-state index contributed by atoms with van der Waals surface area (Å²) >= 11 is 0. The van der Waals surface area contributed by atoms with E-state index in [4.69, 9.17) is 5.11 Å². The lowest BCUT2D eigenvalue weighted by atomic mass is 10.1. The molecule has 102 valence electrons. The van der Waals surface area contributed by atoms with E-state index in [-0.39, 0.29) is 30.2 Å². The summed E-state index contributed by atoms with van der Waals surface area (Å²) in [6, 6.07) is 5.12. The Morgan fingerprint density at radius 2 is 2.21 bits per heavy atom. The summed E-state index contributed by atoms with van der Waals surface area (Å²) in [5.41, 5.74) is 1.07. The van der Waals surface area contributed by atoms with E-state index in [1.807, 2.05) is 25.1 Å². The lowest BCUT2D eigenvalue weighted by molar-refractivity contribution is 0.0938. The van der Waals surface area contributed by atoms with Gasteiger partial charge in [-0.3, -0.25) is 4.79 Å². The van der Waals surface area contributed by atoms with Crippen molar-refractivity contribution in [2.24, 2.45) is 5.92 Å². The van der Waals surface area contributed by atoms with Crippen LogP contribution in [-0.2, 0) is 6.42 Å². The van der Waals surface area contributed by atoms with E-state index in [1.165, 1.54) is 0 Å². The molecule has 0 radical (unpaired) electrons. The molecule has 0 aliphatic heterocycles. The predicted molar refractivity (Wildman–Crippen MR) is 73.1 cm³/mol. The van der Waals surface area contributed by atoms with Crippen molar-refractivity contribution in [1.82, 2.24) is 5.32 Å². The van der Waals surface area contributed by atoms with Crippen LogP contribution >= 0.6 is 0 Å². The van der Waals surface area contributed by atoms with E-state index in [0.29, 0.717) is 18.4 Å². The molecule has 2 rings (SSSR count). The van der Waals surface area contributed by atoms with E-state index in [9.17, 15) is 9.90 Å². The third-order valence-corrected chi connectivity index (χ3v) is 3.47. The Labute approximate surface area is 112 Å². The van der Waals surface area contributed by atoms with Crippen LogP contribution in [0.1, 0.15) is 29.3 Å². The lowest BCUT2D eigenvalue weighted by Gasteiger charge is -2.14. The highest BCUT2D eigenvalue weighted by molar-refractivity contribution is 5.97. The van der Waals surface area contributed by atoms with E-state index in [2.05, 4.69) is 5.32 Å². The first-order valence-corrected chi connectivity index (χ1v) is 6.56. The van der Waals surface area contributed by atoms with Gasteiger partial charge in [-0.1, -0.05) is 31.2 Å². The van der Waals surface area contributed by atoms with Crippen molar-refractivity contribution in [1.29, 1.82) is 0 Å². The summed E-state index contributed by atoms with van der Waals surface area (Å²) in [7, 11) is 0. The van der Waals surface area contributed by atoms with Gasteiger partial charge in [0.15, 0.2) is 0 Å². The van der Waals surface area contributed by atoms with Gasteiger partial charge in [0.2, 0.25) is 0 Å². The predicted octanol–water partition coefficient (Wildman–Crippen LogP) is 1.62. The van der Waals surface area contributed by atoms with Gasteiger partial charge in [-0.2, -0.15) is 0 Å². The molecule has 0 fully saturated rings. The van der Waals surface area contributed by atoms with Crippen molar-refractivity contribution in [2.45, 2.75) is 25.8 Å². The maximum Gasteiger partial charge on any atom is 0.255 e. The second kappa shape index (κ2) is 5.89. The zero-order valence-corrected chi connectivity index (χ0v) is 11.0. The number of aryl methyl sites for hydroxylation is 1. The number of carbonyl (C=O) groups is 1. The summed E-state index contributed by atoms with van der Waals surface area (Å²) in [5.74, 6) is -0.106. The van der Waals surface area contributed by atoms with Gasteiger partial charge in [0.1, 0.15) is 5.75 Å². The van der Waals surface area contributed by atoms with Crippen molar-refractivity contribution in [3.63, 3.8) is 0 Å². The molecule has 3 N–H and O–H groups in total. The smallest absolute Gasteiger partial charge is 0.255 e. The molecular formula is C15H19NO3. The van der Waals surface area contributed by atoms with Gasteiger partial charge in [0.05, 0.1) is 5.56 Å². The monoisotopic (exact) mass is 261 g/mol. The Balaban J connectivity index is 2.07. The maximum absolute atomic E-state index is 12.1. The summed E-state index contributed by atoms with van der Waals surface area (Å²) in [5, 5.41) is 21.9. The zero-order valence-electron chi connectivity index (χ0n) is 11.0. The maximum atomic E-state index is 12.1. The molecule has 1 aromatic carbocycles. The molecule has 0 bridgehead atoms. The standard InChI is InChI=1S/C15H19NO3/c1-2-11-4-3-5-13(14(11)18)15(19)16-12-7-6-10(8-12)9-17/h3-7,10,12,17-18H,2,8-9H2,1H3,(H,16,19)/t10-,12+/m0/s1. The molecule has 0 heterocycles. The number of nitrogens with one attached hydrogen (secondary N) is 1. The normalized spacial score (nSPS) is 21.6. The van der Waals surface area contributed by atoms with E-state index < -0.39 is 0 Å². The molecule has 1 aromatic rings. The molecule has 1 amide bonds. The van der Waals surface area contributed by atoms with Crippen molar-refractivity contribution in [2.75, 3.05) is 6.61 Å². The minimum absolute atomic E-state index is 0.0585. The molecule has 0 saturated carbocycles. The van der Waals surface area contributed by atoms with Gasteiger partial charge < -0.3 is 15.5 Å². The zero-order chi connectivity index (χ0) is 13.8. The van der Waals surface area contributed by atoms with Crippen LogP contribution in [0, 0.1) is 5.92 Å². The highest BCUT2D eigenvalue weighted by Gasteiger charge is 2.21.